The Morgan fingerprint density at radius 2 is 2.00 bits per heavy atom. The first-order valence-electron chi connectivity index (χ1n) is 11.7. The third kappa shape index (κ3) is 4.18. The Hall–Kier alpha value is -3.61. The Kier molecular flexibility index (Phi) is 5.63. The van der Waals surface area contributed by atoms with E-state index in [1.165, 1.54) is 11.3 Å². The van der Waals surface area contributed by atoms with Crippen LogP contribution in [0, 0.1) is 19.3 Å². The molecule has 174 valence electrons. The summed E-state index contributed by atoms with van der Waals surface area (Å²) in [7, 11) is 0. The van der Waals surface area contributed by atoms with E-state index in [2.05, 4.69) is 34.7 Å². The van der Waals surface area contributed by atoms with Gasteiger partial charge in [0.25, 0.3) is 5.89 Å². The van der Waals surface area contributed by atoms with Crippen LogP contribution in [0.25, 0.3) is 23.0 Å². The molecule has 0 saturated carbocycles. The molecular formula is C27H29N5O2. The number of pyridine rings is 1. The third-order valence-electron chi connectivity index (χ3n) is 6.79. The molecule has 0 saturated heterocycles. The maximum atomic E-state index is 11.0. The van der Waals surface area contributed by atoms with Gasteiger partial charge in [-0.2, -0.15) is 10.1 Å². The van der Waals surface area contributed by atoms with Gasteiger partial charge in [0.15, 0.2) is 5.69 Å². The molecule has 0 amide bonds. The molecule has 1 aromatic carbocycles. The lowest BCUT2D eigenvalue weighted by Crippen LogP contribution is -2.24. The molecule has 34 heavy (non-hydrogen) atoms. The Balaban J connectivity index is 1.53. The van der Waals surface area contributed by atoms with Gasteiger partial charge in [-0.1, -0.05) is 25.1 Å². The van der Waals surface area contributed by atoms with E-state index in [1.54, 1.807) is 6.20 Å². The minimum Gasteiger partial charge on any atom is -0.332 e. The molecule has 0 N–H and O–H groups in total. The second kappa shape index (κ2) is 8.63. The van der Waals surface area contributed by atoms with E-state index in [-0.39, 0.29) is 5.41 Å². The number of fused-ring (bicyclic) bond motifs is 1. The van der Waals surface area contributed by atoms with Crippen molar-refractivity contribution in [2.45, 2.75) is 59.9 Å². The highest BCUT2D eigenvalue weighted by molar-refractivity contribution is 5.65. The summed E-state index contributed by atoms with van der Waals surface area (Å²) in [6.07, 6.45) is 7.98. The topological polar surface area (TPSA) is 86.7 Å². The first kappa shape index (κ1) is 22.2. The Bertz CT molecular complexity index is 1330. The zero-order valence-electron chi connectivity index (χ0n) is 20.1. The molecule has 1 aliphatic carbocycles. The van der Waals surface area contributed by atoms with Crippen LogP contribution in [0.1, 0.15) is 53.8 Å². The molecule has 0 atom stereocenters. The van der Waals surface area contributed by atoms with Crippen molar-refractivity contribution in [1.82, 2.24) is 24.9 Å². The molecular weight excluding hydrogens is 426 g/mol. The Labute approximate surface area is 199 Å². The molecule has 1 aliphatic rings. The number of rotatable bonds is 6. The minimum atomic E-state index is 0.218. The van der Waals surface area contributed by atoms with E-state index in [4.69, 9.17) is 14.6 Å². The summed E-state index contributed by atoms with van der Waals surface area (Å²) in [6.45, 7) is 9.29. The molecule has 5 rings (SSSR count). The van der Waals surface area contributed by atoms with E-state index in [1.807, 2.05) is 38.2 Å². The Morgan fingerprint density at radius 3 is 2.71 bits per heavy atom. The van der Waals surface area contributed by atoms with Crippen molar-refractivity contribution in [2.75, 3.05) is 0 Å². The SMILES string of the molecule is Cc1cc(-c2noc(-c3nn(Cc4cccnc4)c4c3CCC(C)(C)C4)n2)cc(C)c1CC=O. The maximum absolute atomic E-state index is 11.0. The van der Waals surface area contributed by atoms with Gasteiger partial charge in [-0.05, 0) is 79.0 Å². The highest BCUT2D eigenvalue weighted by Crippen LogP contribution is 2.39. The lowest BCUT2D eigenvalue weighted by atomic mass is 9.76. The number of nitrogens with zero attached hydrogens (tertiary/aromatic N) is 5. The number of carbonyl (C=O) groups is 1. The van der Waals surface area contributed by atoms with Gasteiger partial charge in [-0.15, -0.1) is 0 Å². The average Bonchev–Trinajstić information content (AvgIpc) is 3.41. The number of aryl methyl sites for hydroxylation is 2. The van der Waals surface area contributed by atoms with Crippen LogP contribution >= 0.6 is 0 Å². The van der Waals surface area contributed by atoms with Crippen LogP contribution in [0.15, 0.2) is 41.2 Å². The van der Waals surface area contributed by atoms with Gasteiger partial charge in [0.2, 0.25) is 5.82 Å². The van der Waals surface area contributed by atoms with Crippen molar-refractivity contribution in [3.05, 3.63) is 70.2 Å². The molecule has 0 unspecified atom stereocenters. The van der Waals surface area contributed by atoms with Gasteiger partial charge in [0.05, 0.1) is 6.54 Å². The van der Waals surface area contributed by atoms with Crippen LogP contribution in [0.3, 0.4) is 0 Å². The van der Waals surface area contributed by atoms with Crippen LogP contribution in [-0.4, -0.2) is 31.2 Å². The lowest BCUT2D eigenvalue weighted by Gasteiger charge is -2.30. The largest absolute Gasteiger partial charge is 0.332 e. The number of aldehydes is 1. The van der Waals surface area contributed by atoms with E-state index in [9.17, 15) is 4.79 Å². The second-order valence-electron chi connectivity index (χ2n) is 10.0. The van der Waals surface area contributed by atoms with E-state index >= 15 is 0 Å². The molecule has 0 fully saturated rings. The van der Waals surface area contributed by atoms with Crippen molar-refractivity contribution >= 4 is 6.29 Å². The molecule has 4 aromatic rings. The van der Waals surface area contributed by atoms with E-state index < -0.39 is 0 Å². The van der Waals surface area contributed by atoms with Gasteiger partial charge in [0, 0.05) is 35.6 Å². The summed E-state index contributed by atoms with van der Waals surface area (Å²) < 4.78 is 7.82. The standard InChI is InChI=1S/C27H29N5O2/c1-17-12-20(13-18(2)21(17)8-11-33)25-29-26(34-31-25)24-22-7-9-27(3,4)14-23(22)32(30-24)16-19-6-5-10-28-15-19/h5-6,10-13,15H,7-9,14,16H2,1-4H3. The normalized spacial score (nSPS) is 14.7. The van der Waals surface area contributed by atoms with Crippen molar-refractivity contribution < 1.29 is 9.32 Å². The fourth-order valence-electron chi connectivity index (χ4n) is 4.93. The minimum absolute atomic E-state index is 0.218. The lowest BCUT2D eigenvalue weighted by molar-refractivity contribution is -0.107. The number of hydrogen-bond acceptors (Lipinski definition) is 6. The monoisotopic (exact) mass is 455 g/mol. The van der Waals surface area contributed by atoms with Gasteiger partial charge in [0.1, 0.15) is 6.29 Å². The highest BCUT2D eigenvalue weighted by Gasteiger charge is 2.33. The van der Waals surface area contributed by atoms with Crippen molar-refractivity contribution in [2.24, 2.45) is 5.41 Å². The number of aromatic nitrogens is 5. The summed E-state index contributed by atoms with van der Waals surface area (Å²) >= 11 is 0. The maximum Gasteiger partial charge on any atom is 0.279 e. The number of hydrogen-bond donors (Lipinski definition) is 0. The van der Waals surface area contributed by atoms with E-state index in [0.29, 0.717) is 24.7 Å². The van der Waals surface area contributed by atoms with Crippen LogP contribution < -0.4 is 0 Å². The predicted molar refractivity (Wildman–Crippen MR) is 129 cm³/mol. The molecule has 7 heteroatoms. The first-order valence-corrected chi connectivity index (χ1v) is 11.7. The predicted octanol–water partition coefficient (Wildman–Crippen LogP) is 4.92. The molecule has 0 radical (unpaired) electrons. The summed E-state index contributed by atoms with van der Waals surface area (Å²) in [4.78, 5) is 20.0. The van der Waals surface area contributed by atoms with Gasteiger partial charge < -0.3 is 9.32 Å². The van der Waals surface area contributed by atoms with Crippen LogP contribution in [-0.2, 0) is 30.6 Å². The molecule has 0 aliphatic heterocycles. The fourth-order valence-corrected chi connectivity index (χ4v) is 4.93. The van der Waals surface area contributed by atoms with E-state index in [0.717, 1.165) is 59.1 Å². The summed E-state index contributed by atoms with van der Waals surface area (Å²) in [6, 6.07) is 8.04. The van der Waals surface area contributed by atoms with Gasteiger partial charge >= 0.3 is 0 Å². The van der Waals surface area contributed by atoms with Crippen LogP contribution in [0.5, 0.6) is 0 Å². The zero-order valence-corrected chi connectivity index (χ0v) is 20.1. The molecule has 3 heterocycles. The highest BCUT2D eigenvalue weighted by atomic mass is 16.5. The number of carbonyl (C=O) groups excluding carboxylic acids is 1. The zero-order chi connectivity index (χ0) is 23.9. The Morgan fingerprint density at radius 1 is 1.21 bits per heavy atom. The van der Waals surface area contributed by atoms with Crippen LogP contribution in [0.4, 0.5) is 0 Å². The molecule has 0 spiro atoms. The van der Waals surface area contributed by atoms with Gasteiger partial charge in [-0.25, -0.2) is 0 Å². The van der Waals surface area contributed by atoms with Crippen molar-refractivity contribution in [3.8, 4) is 23.0 Å². The number of benzene rings is 1. The molecule has 7 nitrogen and oxygen atoms in total. The molecule has 3 aromatic heterocycles. The first-order chi connectivity index (χ1) is 16.3. The molecule has 0 bridgehead atoms. The summed E-state index contributed by atoms with van der Waals surface area (Å²) in [5, 5.41) is 9.23. The summed E-state index contributed by atoms with van der Waals surface area (Å²) in [5.41, 5.74) is 8.57. The third-order valence-corrected chi connectivity index (χ3v) is 6.79. The van der Waals surface area contributed by atoms with Crippen molar-refractivity contribution in [3.63, 3.8) is 0 Å². The second-order valence-corrected chi connectivity index (χ2v) is 10.0. The smallest absolute Gasteiger partial charge is 0.279 e. The van der Waals surface area contributed by atoms with Gasteiger partial charge in [-0.3, -0.25) is 9.67 Å². The van der Waals surface area contributed by atoms with Crippen molar-refractivity contribution in [1.29, 1.82) is 0 Å². The fraction of sp³-hybridized carbons (Fsp3) is 0.370. The van der Waals surface area contributed by atoms with Crippen LogP contribution in [0.2, 0.25) is 0 Å². The quantitative estimate of drug-likeness (QED) is 0.384. The average molecular weight is 456 g/mol. The summed E-state index contributed by atoms with van der Waals surface area (Å²) in [5.74, 6) is 0.980.